The lowest BCUT2D eigenvalue weighted by molar-refractivity contribution is 0.00578. The molecule has 5 heteroatoms. The molecule has 1 aromatic carbocycles. The standard InChI is InChI=1S/C15H19BFNO2/c1-14(2)15(3,4)20-16(19-14)11-8-10-6-7-18(5)13(10)12(17)9-11/h6-9H,1-5H3. The zero-order valence-corrected chi connectivity index (χ0v) is 12.5. The monoisotopic (exact) mass is 275 g/mol. The number of halogens is 1. The molecule has 0 N–H and O–H groups in total. The van der Waals surface area contributed by atoms with E-state index in [2.05, 4.69) is 0 Å². The first-order valence-corrected chi connectivity index (χ1v) is 6.81. The highest BCUT2D eigenvalue weighted by Crippen LogP contribution is 2.36. The summed E-state index contributed by atoms with van der Waals surface area (Å²) >= 11 is 0. The zero-order chi connectivity index (χ0) is 14.7. The summed E-state index contributed by atoms with van der Waals surface area (Å²) in [7, 11) is 1.30. The SMILES string of the molecule is Cn1ccc2cc(B3OC(C)(C)C(C)(C)O3)cc(F)c21. The van der Waals surface area contributed by atoms with Crippen molar-refractivity contribution < 1.29 is 13.7 Å². The van der Waals surface area contributed by atoms with E-state index in [0.717, 1.165) is 10.8 Å². The van der Waals surface area contributed by atoms with Gasteiger partial charge in [0, 0.05) is 18.6 Å². The third-order valence-corrected chi connectivity index (χ3v) is 4.47. The van der Waals surface area contributed by atoms with Crippen molar-refractivity contribution in [3.05, 3.63) is 30.2 Å². The molecule has 0 bridgehead atoms. The lowest BCUT2D eigenvalue weighted by atomic mass is 9.78. The number of fused-ring (bicyclic) bond motifs is 1. The molecular formula is C15H19BFNO2. The maximum atomic E-state index is 14.2. The second-order valence-electron chi connectivity index (χ2n) is 6.46. The number of hydrogen-bond donors (Lipinski definition) is 0. The van der Waals surface area contributed by atoms with Gasteiger partial charge in [0.1, 0.15) is 5.82 Å². The van der Waals surface area contributed by atoms with Crippen LogP contribution in [0.25, 0.3) is 10.9 Å². The maximum Gasteiger partial charge on any atom is 0.494 e. The van der Waals surface area contributed by atoms with Gasteiger partial charge in [-0.25, -0.2) is 4.39 Å². The Hall–Kier alpha value is -1.33. The molecule has 20 heavy (non-hydrogen) atoms. The van der Waals surface area contributed by atoms with E-state index in [0.29, 0.717) is 5.52 Å². The number of rotatable bonds is 1. The fourth-order valence-electron chi connectivity index (χ4n) is 2.52. The Morgan fingerprint density at radius 1 is 1.10 bits per heavy atom. The minimum absolute atomic E-state index is 0.250. The molecule has 106 valence electrons. The van der Waals surface area contributed by atoms with Crippen LogP contribution < -0.4 is 5.46 Å². The van der Waals surface area contributed by atoms with E-state index < -0.39 is 18.3 Å². The average molecular weight is 275 g/mol. The average Bonchev–Trinajstić information content (AvgIpc) is 2.78. The van der Waals surface area contributed by atoms with Crippen LogP contribution in [0.15, 0.2) is 24.4 Å². The van der Waals surface area contributed by atoms with Crippen molar-refractivity contribution >= 4 is 23.5 Å². The molecule has 1 aliphatic heterocycles. The predicted octanol–water partition coefficient (Wildman–Crippen LogP) is 2.62. The predicted molar refractivity (Wildman–Crippen MR) is 78.6 cm³/mol. The number of hydrogen-bond acceptors (Lipinski definition) is 2. The first-order valence-electron chi connectivity index (χ1n) is 6.81. The van der Waals surface area contributed by atoms with E-state index in [4.69, 9.17) is 9.31 Å². The van der Waals surface area contributed by atoms with Gasteiger partial charge in [-0.1, -0.05) is 6.07 Å². The topological polar surface area (TPSA) is 23.4 Å². The molecule has 3 nitrogen and oxygen atoms in total. The summed E-state index contributed by atoms with van der Waals surface area (Å²) in [4.78, 5) is 0. The van der Waals surface area contributed by atoms with E-state index in [1.807, 2.05) is 53.1 Å². The highest BCUT2D eigenvalue weighted by atomic mass is 19.1. The zero-order valence-electron chi connectivity index (χ0n) is 12.5. The number of aromatic nitrogens is 1. The third kappa shape index (κ3) is 1.88. The third-order valence-electron chi connectivity index (χ3n) is 4.47. The minimum atomic E-state index is -0.529. The van der Waals surface area contributed by atoms with E-state index in [-0.39, 0.29) is 5.82 Å². The molecule has 3 rings (SSSR count). The lowest BCUT2D eigenvalue weighted by Gasteiger charge is -2.32. The normalized spacial score (nSPS) is 20.8. The van der Waals surface area contributed by atoms with Crippen LogP contribution in [0.2, 0.25) is 0 Å². The molecule has 1 aromatic heterocycles. The summed E-state index contributed by atoms with van der Waals surface area (Å²) in [6.07, 6.45) is 1.85. The van der Waals surface area contributed by atoms with Crippen LogP contribution >= 0.6 is 0 Å². The van der Waals surface area contributed by atoms with Crippen molar-refractivity contribution in [2.75, 3.05) is 0 Å². The van der Waals surface area contributed by atoms with Crippen LogP contribution in [-0.2, 0) is 16.4 Å². The summed E-state index contributed by atoms with van der Waals surface area (Å²) in [6.45, 7) is 7.96. The molecule has 1 fully saturated rings. The second kappa shape index (κ2) is 4.09. The molecule has 0 unspecified atom stereocenters. The summed E-state index contributed by atoms with van der Waals surface area (Å²) in [5.41, 5.74) is 0.490. The van der Waals surface area contributed by atoms with Crippen LogP contribution in [-0.4, -0.2) is 22.9 Å². The molecule has 2 aromatic rings. The Balaban J connectivity index is 2.04. The molecule has 0 spiro atoms. The van der Waals surface area contributed by atoms with Crippen LogP contribution in [0.1, 0.15) is 27.7 Å². The lowest BCUT2D eigenvalue weighted by Crippen LogP contribution is -2.41. The van der Waals surface area contributed by atoms with Crippen LogP contribution in [0, 0.1) is 5.82 Å². The highest BCUT2D eigenvalue weighted by Gasteiger charge is 2.51. The van der Waals surface area contributed by atoms with Crippen LogP contribution in [0.4, 0.5) is 4.39 Å². The minimum Gasteiger partial charge on any atom is -0.399 e. The Kier molecular flexibility index (Phi) is 2.79. The molecule has 2 heterocycles. The smallest absolute Gasteiger partial charge is 0.399 e. The van der Waals surface area contributed by atoms with E-state index in [1.54, 1.807) is 4.57 Å². The molecule has 1 aliphatic rings. The van der Waals surface area contributed by atoms with Gasteiger partial charge in [0.05, 0.1) is 16.7 Å². The number of nitrogens with zero attached hydrogens (tertiary/aromatic N) is 1. The van der Waals surface area contributed by atoms with Crippen molar-refractivity contribution in [2.24, 2.45) is 7.05 Å². The number of aryl methyl sites for hydroxylation is 1. The summed E-state index contributed by atoms with van der Waals surface area (Å²) < 4.78 is 28.0. The van der Waals surface area contributed by atoms with Crippen molar-refractivity contribution in [1.82, 2.24) is 4.57 Å². The van der Waals surface area contributed by atoms with Crippen molar-refractivity contribution in [3.63, 3.8) is 0 Å². The Morgan fingerprint density at radius 3 is 2.30 bits per heavy atom. The Labute approximate surface area is 118 Å². The molecular weight excluding hydrogens is 256 g/mol. The van der Waals surface area contributed by atoms with Gasteiger partial charge < -0.3 is 13.9 Å². The molecule has 0 amide bonds. The van der Waals surface area contributed by atoms with Gasteiger partial charge in [0.2, 0.25) is 0 Å². The fourth-order valence-corrected chi connectivity index (χ4v) is 2.52. The molecule has 0 radical (unpaired) electrons. The molecule has 1 saturated heterocycles. The van der Waals surface area contributed by atoms with Crippen LogP contribution in [0.3, 0.4) is 0 Å². The summed E-state index contributed by atoms with van der Waals surface area (Å²) in [6, 6.07) is 5.33. The summed E-state index contributed by atoms with van der Waals surface area (Å²) in [5.74, 6) is -0.250. The van der Waals surface area contributed by atoms with Gasteiger partial charge in [-0.3, -0.25) is 0 Å². The van der Waals surface area contributed by atoms with Gasteiger partial charge in [-0.2, -0.15) is 0 Å². The van der Waals surface area contributed by atoms with Gasteiger partial charge in [-0.15, -0.1) is 0 Å². The summed E-state index contributed by atoms with van der Waals surface area (Å²) in [5, 5.41) is 0.859. The first-order chi connectivity index (χ1) is 9.21. The quantitative estimate of drug-likeness (QED) is 0.747. The highest BCUT2D eigenvalue weighted by molar-refractivity contribution is 6.62. The van der Waals surface area contributed by atoms with Gasteiger partial charge in [0.25, 0.3) is 0 Å². The van der Waals surface area contributed by atoms with E-state index >= 15 is 0 Å². The molecule has 0 atom stereocenters. The van der Waals surface area contributed by atoms with Crippen LogP contribution in [0.5, 0.6) is 0 Å². The van der Waals surface area contributed by atoms with E-state index in [1.165, 1.54) is 6.07 Å². The van der Waals surface area contributed by atoms with Crippen molar-refractivity contribution in [3.8, 4) is 0 Å². The molecule has 0 aliphatic carbocycles. The van der Waals surface area contributed by atoms with Crippen molar-refractivity contribution in [1.29, 1.82) is 0 Å². The van der Waals surface area contributed by atoms with Gasteiger partial charge in [0.15, 0.2) is 0 Å². The van der Waals surface area contributed by atoms with E-state index in [9.17, 15) is 4.39 Å². The maximum absolute atomic E-state index is 14.2. The Bertz CT molecular complexity index is 662. The largest absolute Gasteiger partial charge is 0.494 e. The molecule has 0 saturated carbocycles. The van der Waals surface area contributed by atoms with Gasteiger partial charge in [-0.05, 0) is 45.3 Å². The number of benzene rings is 1. The fraction of sp³-hybridized carbons (Fsp3) is 0.467. The van der Waals surface area contributed by atoms with Crippen molar-refractivity contribution in [2.45, 2.75) is 38.9 Å². The second-order valence-corrected chi connectivity index (χ2v) is 6.46. The first kappa shape index (κ1) is 13.6. The Morgan fingerprint density at radius 2 is 1.70 bits per heavy atom. The van der Waals surface area contributed by atoms with Gasteiger partial charge >= 0.3 is 7.12 Å².